The summed E-state index contributed by atoms with van der Waals surface area (Å²) in [7, 11) is 0. The fraction of sp³-hybridized carbons (Fsp3) is 0.0833. The minimum atomic E-state index is -4.38. The van der Waals surface area contributed by atoms with E-state index in [4.69, 9.17) is 15.6 Å². The molecule has 0 aliphatic carbocycles. The molecule has 2 heterocycles. The van der Waals surface area contributed by atoms with Crippen LogP contribution in [0.4, 0.5) is 18.3 Å². The summed E-state index contributed by atoms with van der Waals surface area (Å²) in [6.07, 6.45) is 2.89. The summed E-state index contributed by atoms with van der Waals surface area (Å²) >= 11 is 1.34. The average molecular weight is 501 g/mol. The molecule has 0 spiro atoms. The molecule has 4 rings (SSSR count). The second-order valence-electron chi connectivity index (χ2n) is 6.80. The molecule has 0 saturated heterocycles. The lowest BCUT2D eigenvalue weighted by Gasteiger charge is -2.09. The lowest BCUT2D eigenvalue weighted by molar-refractivity contribution is -0.137. The van der Waals surface area contributed by atoms with Crippen LogP contribution in [-0.2, 0) is 11.0 Å². The van der Waals surface area contributed by atoms with Crippen molar-refractivity contribution in [1.29, 1.82) is 0 Å². The smallest absolute Gasteiger partial charge is 0.416 e. The van der Waals surface area contributed by atoms with Crippen LogP contribution in [0.1, 0.15) is 12.5 Å². The lowest BCUT2D eigenvalue weighted by atomic mass is 10.1. The first kappa shape index (κ1) is 25.4. The molecule has 0 bridgehead atoms. The molecule has 0 aliphatic rings. The van der Waals surface area contributed by atoms with Gasteiger partial charge in [-0.2, -0.15) is 13.2 Å². The number of nitrogens with two attached hydrogens (primary N) is 1. The number of carboxylic acids is 1. The fourth-order valence-corrected chi connectivity index (χ4v) is 3.52. The number of benzene rings is 2. The second-order valence-corrected chi connectivity index (χ2v) is 7.86. The number of aliphatic carboxylic acids is 1. The molecule has 35 heavy (non-hydrogen) atoms. The van der Waals surface area contributed by atoms with Crippen LogP contribution in [0.2, 0.25) is 0 Å². The number of hydrogen-bond donors (Lipinski definition) is 2. The second kappa shape index (κ2) is 11.3. The first-order chi connectivity index (χ1) is 16.7. The van der Waals surface area contributed by atoms with Crippen molar-refractivity contribution in [3.63, 3.8) is 0 Å². The van der Waals surface area contributed by atoms with Crippen molar-refractivity contribution in [3.8, 4) is 22.9 Å². The summed E-state index contributed by atoms with van der Waals surface area (Å²) in [6, 6.07) is 11.7. The number of aromatic nitrogens is 3. The topological polar surface area (TPSA) is 111 Å². The SMILES string of the molecule is CC=CC=CC(=O)O.Nc1nc2c(Oc3cc(-c4ccc(C(F)(F)F)cc4)ncn3)cccc2s1. The van der Waals surface area contributed by atoms with Gasteiger partial charge in [0.25, 0.3) is 0 Å². The largest absolute Gasteiger partial charge is 0.478 e. The molecule has 2 aromatic heterocycles. The number of allylic oxidation sites excluding steroid dienone is 3. The van der Waals surface area contributed by atoms with Gasteiger partial charge in [-0.3, -0.25) is 0 Å². The number of halogens is 3. The van der Waals surface area contributed by atoms with Crippen molar-refractivity contribution in [2.75, 3.05) is 5.73 Å². The third-order valence-corrected chi connectivity index (χ3v) is 5.16. The van der Waals surface area contributed by atoms with Gasteiger partial charge in [0.15, 0.2) is 10.9 Å². The van der Waals surface area contributed by atoms with E-state index < -0.39 is 17.7 Å². The Bertz CT molecular complexity index is 1370. The monoisotopic (exact) mass is 500 g/mol. The van der Waals surface area contributed by atoms with Gasteiger partial charge in [0.05, 0.1) is 16.0 Å². The highest BCUT2D eigenvalue weighted by molar-refractivity contribution is 7.22. The van der Waals surface area contributed by atoms with Crippen LogP contribution in [0.15, 0.2) is 79.2 Å². The van der Waals surface area contributed by atoms with E-state index in [9.17, 15) is 18.0 Å². The Hall–Kier alpha value is -4.25. The minimum Gasteiger partial charge on any atom is -0.478 e. The molecule has 180 valence electrons. The number of alkyl halides is 3. The number of fused-ring (bicyclic) bond motifs is 1. The van der Waals surface area contributed by atoms with E-state index >= 15 is 0 Å². The van der Waals surface area contributed by atoms with E-state index in [-0.39, 0.29) is 5.88 Å². The van der Waals surface area contributed by atoms with Gasteiger partial charge in [-0.15, -0.1) is 0 Å². The molecule has 0 fully saturated rings. The Morgan fingerprint density at radius 1 is 1.11 bits per heavy atom. The van der Waals surface area contributed by atoms with Crippen molar-refractivity contribution >= 4 is 32.7 Å². The predicted octanol–water partition coefficient (Wildman–Crippen LogP) is 6.35. The quantitative estimate of drug-likeness (QED) is 0.243. The zero-order chi connectivity index (χ0) is 25.4. The number of anilines is 1. The molecular weight excluding hydrogens is 481 g/mol. The van der Waals surface area contributed by atoms with Gasteiger partial charge in [-0.1, -0.05) is 47.8 Å². The summed E-state index contributed by atoms with van der Waals surface area (Å²) in [5.41, 5.74) is 6.61. The molecule has 0 atom stereocenters. The Balaban J connectivity index is 0.000000371. The number of nitrogens with zero attached hydrogens (tertiary/aromatic N) is 3. The van der Waals surface area contributed by atoms with Gasteiger partial charge in [0.1, 0.15) is 11.8 Å². The van der Waals surface area contributed by atoms with Crippen molar-refractivity contribution in [1.82, 2.24) is 15.0 Å². The number of ether oxygens (including phenoxy) is 1. The minimum absolute atomic E-state index is 0.249. The molecule has 0 saturated carbocycles. The zero-order valence-electron chi connectivity index (χ0n) is 18.2. The maximum Gasteiger partial charge on any atom is 0.416 e. The van der Waals surface area contributed by atoms with E-state index in [0.717, 1.165) is 22.9 Å². The van der Waals surface area contributed by atoms with E-state index in [1.165, 1.54) is 35.9 Å². The van der Waals surface area contributed by atoms with Crippen molar-refractivity contribution in [2.24, 2.45) is 0 Å². The summed E-state index contributed by atoms with van der Waals surface area (Å²) in [5, 5.41) is 8.44. The summed E-state index contributed by atoms with van der Waals surface area (Å²) in [5.74, 6) is -0.181. The van der Waals surface area contributed by atoms with Crippen LogP contribution in [0.3, 0.4) is 0 Å². The first-order valence-corrected chi connectivity index (χ1v) is 10.8. The van der Waals surface area contributed by atoms with Crippen LogP contribution >= 0.6 is 11.3 Å². The van der Waals surface area contributed by atoms with Crippen LogP contribution in [0, 0.1) is 0 Å². The molecule has 3 N–H and O–H groups in total. The molecule has 4 aromatic rings. The maximum atomic E-state index is 12.7. The third kappa shape index (κ3) is 7.11. The highest BCUT2D eigenvalue weighted by atomic mass is 32.1. The Labute approximate surface area is 202 Å². The number of carbonyl (C=O) groups is 1. The van der Waals surface area contributed by atoms with Crippen LogP contribution in [-0.4, -0.2) is 26.0 Å². The first-order valence-electron chi connectivity index (χ1n) is 10.0. The fourth-order valence-electron chi connectivity index (χ4n) is 2.77. The number of carboxylic acid groups (broad SMARTS) is 1. The molecule has 2 aromatic carbocycles. The normalized spacial score (nSPS) is 11.5. The molecule has 11 heteroatoms. The van der Waals surface area contributed by atoms with Gasteiger partial charge in [0, 0.05) is 17.7 Å². The predicted molar refractivity (Wildman–Crippen MR) is 128 cm³/mol. The number of hydrogen-bond acceptors (Lipinski definition) is 7. The van der Waals surface area contributed by atoms with Gasteiger partial charge < -0.3 is 15.6 Å². The lowest BCUT2D eigenvalue weighted by Crippen LogP contribution is -2.04. The van der Waals surface area contributed by atoms with Crippen LogP contribution in [0.25, 0.3) is 21.5 Å². The van der Waals surface area contributed by atoms with Crippen LogP contribution in [0.5, 0.6) is 11.6 Å². The number of para-hydroxylation sites is 1. The Kier molecular flexibility index (Phi) is 8.16. The molecule has 0 unspecified atom stereocenters. The number of thiazole rings is 1. The highest BCUT2D eigenvalue weighted by Crippen LogP contribution is 2.34. The number of rotatable bonds is 5. The Morgan fingerprint density at radius 3 is 2.51 bits per heavy atom. The molecule has 7 nitrogen and oxygen atoms in total. The van der Waals surface area contributed by atoms with Gasteiger partial charge in [0.2, 0.25) is 5.88 Å². The van der Waals surface area contributed by atoms with Gasteiger partial charge >= 0.3 is 12.1 Å². The van der Waals surface area contributed by atoms with Crippen molar-refractivity contribution < 1.29 is 27.8 Å². The molecule has 0 radical (unpaired) electrons. The maximum absolute atomic E-state index is 12.7. The zero-order valence-corrected chi connectivity index (χ0v) is 19.0. The van der Waals surface area contributed by atoms with Crippen LogP contribution < -0.4 is 10.5 Å². The summed E-state index contributed by atoms with van der Waals surface area (Å²) < 4.78 is 44.8. The Morgan fingerprint density at radius 2 is 1.86 bits per heavy atom. The standard InChI is InChI=1S/C18H11F3N4OS.C6H8O2/c19-18(20,21)11-6-4-10(5-7-11)12-8-15(24-9-23-12)26-13-2-1-3-14-16(13)25-17(22)27-14;1-2-3-4-5-6(7)8/h1-9H,(H2,22,25);2-5H,1H3,(H,7,8). The third-order valence-electron chi connectivity index (χ3n) is 4.31. The van der Waals surface area contributed by atoms with E-state index in [1.54, 1.807) is 24.3 Å². The molecular formula is C24H19F3N4O3S. The molecule has 0 aliphatic heterocycles. The average Bonchev–Trinajstić information content (AvgIpc) is 3.20. The summed E-state index contributed by atoms with van der Waals surface area (Å²) in [6.45, 7) is 1.83. The highest BCUT2D eigenvalue weighted by Gasteiger charge is 2.30. The van der Waals surface area contributed by atoms with E-state index in [0.29, 0.717) is 27.7 Å². The van der Waals surface area contributed by atoms with Crippen molar-refractivity contribution in [3.05, 3.63) is 84.7 Å². The van der Waals surface area contributed by atoms with Crippen molar-refractivity contribution in [2.45, 2.75) is 13.1 Å². The van der Waals surface area contributed by atoms with E-state index in [1.807, 2.05) is 19.1 Å². The van der Waals surface area contributed by atoms with Gasteiger partial charge in [-0.25, -0.2) is 19.7 Å². The van der Waals surface area contributed by atoms with E-state index in [2.05, 4.69) is 15.0 Å². The molecule has 0 amide bonds. The summed E-state index contributed by atoms with van der Waals surface area (Å²) in [4.78, 5) is 22.2. The number of nitrogen functional groups attached to an aromatic ring is 1. The van der Waals surface area contributed by atoms with Gasteiger partial charge in [-0.05, 0) is 31.2 Å².